The molecule has 3 rings (SSSR count). The smallest absolute Gasteiger partial charge is 0.238 e. The number of hydrazine groups is 1. The van der Waals surface area contributed by atoms with Crippen LogP contribution in [0.4, 0.5) is 5.13 Å². The number of nitrogens with zero attached hydrogens (tertiary/aromatic N) is 2. The Morgan fingerprint density at radius 1 is 1.14 bits per heavy atom. The molecule has 0 unspecified atom stereocenters. The molecule has 0 bridgehead atoms. The lowest BCUT2D eigenvalue weighted by molar-refractivity contribution is -0.120. The summed E-state index contributed by atoms with van der Waals surface area (Å²) in [4.78, 5) is 11.2. The van der Waals surface area contributed by atoms with Crippen LogP contribution in [0, 0.1) is 0 Å². The van der Waals surface area contributed by atoms with Gasteiger partial charge in [-0.1, -0.05) is 54.7 Å². The van der Waals surface area contributed by atoms with Crippen LogP contribution in [0.1, 0.15) is 13.3 Å². The quantitative estimate of drug-likeness (QED) is 0.726. The van der Waals surface area contributed by atoms with Crippen molar-refractivity contribution < 1.29 is 4.79 Å². The molecule has 0 radical (unpaired) electrons. The van der Waals surface area contributed by atoms with Gasteiger partial charge in [-0.3, -0.25) is 15.6 Å². The first-order valence-electron chi connectivity index (χ1n) is 6.64. The van der Waals surface area contributed by atoms with Crippen LogP contribution in [0.15, 0.2) is 42.5 Å². The molecule has 0 atom stereocenters. The summed E-state index contributed by atoms with van der Waals surface area (Å²) in [7, 11) is 0. The number of hydrogen-bond acceptors (Lipinski definition) is 5. The van der Waals surface area contributed by atoms with Gasteiger partial charge < -0.3 is 0 Å². The molecule has 1 aromatic heterocycles. The third kappa shape index (κ3) is 3.00. The topological polar surface area (TPSA) is 66.9 Å². The molecule has 0 saturated heterocycles. The van der Waals surface area contributed by atoms with E-state index in [4.69, 9.17) is 0 Å². The largest absolute Gasteiger partial charge is 0.273 e. The maximum Gasteiger partial charge on any atom is 0.238 e. The van der Waals surface area contributed by atoms with Gasteiger partial charge in [0.25, 0.3) is 0 Å². The van der Waals surface area contributed by atoms with E-state index < -0.39 is 0 Å². The lowest BCUT2D eigenvalue weighted by atomic mass is 10.1. The Hall–Kier alpha value is -2.47. The average Bonchev–Trinajstić information content (AvgIpc) is 3.01. The Morgan fingerprint density at radius 2 is 1.95 bits per heavy atom. The molecule has 0 aliphatic rings. The summed E-state index contributed by atoms with van der Waals surface area (Å²) in [6.07, 6.45) is 0.420. The van der Waals surface area contributed by atoms with Gasteiger partial charge in [0.15, 0.2) is 0 Å². The first-order valence-corrected chi connectivity index (χ1v) is 7.45. The minimum Gasteiger partial charge on any atom is -0.273 e. The van der Waals surface area contributed by atoms with Crippen LogP contribution < -0.4 is 10.9 Å². The van der Waals surface area contributed by atoms with Gasteiger partial charge in [-0.2, -0.15) is 0 Å². The standard InChI is InChI=1S/C15H14N4OS/c1-2-13(20)16-18-15-19-17-14(21-15)12-8-7-10-5-3-4-6-11(10)9-12/h3-9H,2H2,1H3,(H,16,20)(H,18,19). The molecule has 6 heteroatoms. The van der Waals surface area contributed by atoms with Gasteiger partial charge in [-0.15, -0.1) is 10.2 Å². The zero-order chi connectivity index (χ0) is 14.7. The van der Waals surface area contributed by atoms with Crippen molar-refractivity contribution in [2.45, 2.75) is 13.3 Å². The van der Waals surface area contributed by atoms with E-state index in [2.05, 4.69) is 45.3 Å². The van der Waals surface area contributed by atoms with Crippen LogP contribution in [-0.4, -0.2) is 16.1 Å². The van der Waals surface area contributed by atoms with Crippen molar-refractivity contribution in [1.82, 2.24) is 15.6 Å². The summed E-state index contributed by atoms with van der Waals surface area (Å²) < 4.78 is 0. The van der Waals surface area contributed by atoms with Crippen LogP contribution >= 0.6 is 11.3 Å². The number of benzene rings is 2. The number of hydrogen-bond donors (Lipinski definition) is 2. The molecule has 0 saturated carbocycles. The van der Waals surface area contributed by atoms with Gasteiger partial charge in [0.2, 0.25) is 11.0 Å². The molecule has 1 heterocycles. The van der Waals surface area contributed by atoms with Crippen LogP contribution in [0.5, 0.6) is 0 Å². The van der Waals surface area contributed by atoms with E-state index in [0.717, 1.165) is 10.6 Å². The van der Waals surface area contributed by atoms with Crippen molar-refractivity contribution in [3.8, 4) is 10.6 Å². The van der Waals surface area contributed by atoms with E-state index in [0.29, 0.717) is 11.6 Å². The molecule has 0 aliphatic carbocycles. The van der Waals surface area contributed by atoms with Gasteiger partial charge >= 0.3 is 0 Å². The second kappa shape index (κ2) is 5.88. The number of amides is 1. The fourth-order valence-corrected chi connectivity index (χ4v) is 2.62. The highest BCUT2D eigenvalue weighted by Gasteiger charge is 2.07. The van der Waals surface area contributed by atoms with E-state index in [-0.39, 0.29) is 5.91 Å². The summed E-state index contributed by atoms with van der Waals surface area (Å²) in [5.41, 5.74) is 6.34. The van der Waals surface area contributed by atoms with Crippen LogP contribution in [0.2, 0.25) is 0 Å². The Kier molecular flexibility index (Phi) is 3.79. The van der Waals surface area contributed by atoms with Gasteiger partial charge in [-0.05, 0) is 16.8 Å². The first kappa shape index (κ1) is 13.5. The SMILES string of the molecule is CCC(=O)NNc1nnc(-c2ccc3ccccc3c2)s1. The first-order chi connectivity index (χ1) is 10.3. The van der Waals surface area contributed by atoms with Crippen molar-refractivity contribution in [1.29, 1.82) is 0 Å². The molecule has 0 aliphatic heterocycles. The molecule has 1 amide bonds. The summed E-state index contributed by atoms with van der Waals surface area (Å²) >= 11 is 1.40. The molecule has 106 valence electrons. The maximum absolute atomic E-state index is 11.2. The van der Waals surface area contributed by atoms with Crippen molar-refractivity contribution in [2.75, 3.05) is 5.43 Å². The van der Waals surface area contributed by atoms with Gasteiger partial charge in [0.1, 0.15) is 5.01 Å². The minimum atomic E-state index is -0.0857. The van der Waals surface area contributed by atoms with Crippen LogP contribution in [0.3, 0.4) is 0 Å². The fraction of sp³-hybridized carbons (Fsp3) is 0.133. The van der Waals surface area contributed by atoms with Gasteiger partial charge in [0, 0.05) is 12.0 Å². The lowest BCUT2D eigenvalue weighted by Crippen LogP contribution is -2.28. The maximum atomic E-state index is 11.2. The Bertz CT molecular complexity index is 784. The van der Waals surface area contributed by atoms with E-state index in [1.807, 2.05) is 18.2 Å². The number of rotatable bonds is 4. The zero-order valence-corrected chi connectivity index (χ0v) is 12.3. The molecule has 2 N–H and O–H groups in total. The molecular weight excluding hydrogens is 284 g/mol. The number of nitrogens with one attached hydrogen (secondary N) is 2. The minimum absolute atomic E-state index is 0.0857. The lowest BCUT2D eigenvalue weighted by Gasteiger charge is -2.02. The number of anilines is 1. The van der Waals surface area contributed by atoms with E-state index in [1.165, 1.54) is 22.1 Å². The van der Waals surface area contributed by atoms with Crippen molar-refractivity contribution in [3.05, 3.63) is 42.5 Å². The van der Waals surface area contributed by atoms with Crippen molar-refractivity contribution >= 4 is 33.1 Å². The predicted molar refractivity (Wildman–Crippen MR) is 84.9 cm³/mol. The molecule has 5 nitrogen and oxygen atoms in total. The zero-order valence-electron chi connectivity index (χ0n) is 11.5. The Balaban J connectivity index is 1.82. The van der Waals surface area contributed by atoms with E-state index in [9.17, 15) is 4.79 Å². The predicted octanol–water partition coefficient (Wildman–Crippen LogP) is 3.21. The fourth-order valence-electron chi connectivity index (χ4n) is 1.92. The van der Waals surface area contributed by atoms with Crippen LogP contribution in [-0.2, 0) is 4.79 Å². The molecule has 2 aromatic carbocycles. The van der Waals surface area contributed by atoms with E-state index >= 15 is 0 Å². The van der Waals surface area contributed by atoms with Gasteiger partial charge in [-0.25, -0.2) is 0 Å². The number of carbonyl (C=O) groups is 1. The molecule has 0 spiro atoms. The van der Waals surface area contributed by atoms with Gasteiger partial charge in [0.05, 0.1) is 0 Å². The molecule has 0 fully saturated rings. The highest BCUT2D eigenvalue weighted by atomic mass is 32.1. The van der Waals surface area contributed by atoms with Crippen molar-refractivity contribution in [3.63, 3.8) is 0 Å². The number of fused-ring (bicyclic) bond motifs is 1. The second-order valence-electron chi connectivity index (χ2n) is 4.50. The summed E-state index contributed by atoms with van der Waals surface area (Å²) in [5, 5.41) is 11.9. The van der Waals surface area contributed by atoms with Crippen LogP contribution in [0.25, 0.3) is 21.3 Å². The third-order valence-corrected chi connectivity index (χ3v) is 3.94. The highest BCUT2D eigenvalue weighted by molar-refractivity contribution is 7.18. The van der Waals surface area contributed by atoms with Crippen molar-refractivity contribution in [2.24, 2.45) is 0 Å². The monoisotopic (exact) mass is 298 g/mol. The Labute approximate surface area is 126 Å². The molecule has 21 heavy (non-hydrogen) atoms. The van der Waals surface area contributed by atoms with E-state index in [1.54, 1.807) is 6.92 Å². The average molecular weight is 298 g/mol. The second-order valence-corrected chi connectivity index (χ2v) is 5.48. The Morgan fingerprint density at radius 3 is 2.76 bits per heavy atom. The summed E-state index contributed by atoms with van der Waals surface area (Å²) in [5.74, 6) is -0.0857. The highest BCUT2D eigenvalue weighted by Crippen LogP contribution is 2.28. The summed E-state index contributed by atoms with van der Waals surface area (Å²) in [6.45, 7) is 1.79. The molecular formula is C15H14N4OS. The number of carbonyl (C=O) groups excluding carboxylic acids is 1. The normalized spacial score (nSPS) is 10.5. The summed E-state index contributed by atoms with van der Waals surface area (Å²) in [6, 6.07) is 14.4. The number of aromatic nitrogens is 2. The molecule has 3 aromatic rings. The third-order valence-electron chi connectivity index (χ3n) is 3.05.